The van der Waals surface area contributed by atoms with E-state index in [9.17, 15) is 14.4 Å². The van der Waals surface area contributed by atoms with Crippen molar-refractivity contribution in [3.63, 3.8) is 0 Å². The average molecular weight is 572 g/mol. The smallest absolute Gasteiger partial charge is 0.331 e. The van der Waals surface area contributed by atoms with Crippen LogP contribution in [-0.2, 0) is 16.1 Å². The largest absolute Gasteiger partial charge is 0.379 e. The number of likely N-dealkylation sites (N-methyl/N-ethyl adjacent to an activating group) is 1. The Bertz CT molecular complexity index is 1630. The summed E-state index contributed by atoms with van der Waals surface area (Å²) in [6, 6.07) is 13.3. The van der Waals surface area contributed by atoms with Gasteiger partial charge in [0.2, 0.25) is 12.3 Å². The molecule has 11 heteroatoms. The third-order valence-corrected chi connectivity index (χ3v) is 7.70. The van der Waals surface area contributed by atoms with Gasteiger partial charge in [0.25, 0.3) is 0 Å². The van der Waals surface area contributed by atoms with Crippen LogP contribution in [0.1, 0.15) is 54.3 Å². The molecule has 1 saturated heterocycles. The van der Waals surface area contributed by atoms with Gasteiger partial charge in [-0.25, -0.2) is 14.8 Å². The highest BCUT2D eigenvalue weighted by atomic mass is 35.5. The molecule has 3 fully saturated rings. The number of benzene rings is 1. The van der Waals surface area contributed by atoms with Gasteiger partial charge in [-0.2, -0.15) is 0 Å². The maximum Gasteiger partial charge on any atom is 0.331 e. The van der Waals surface area contributed by atoms with Gasteiger partial charge in [-0.1, -0.05) is 23.7 Å². The van der Waals surface area contributed by atoms with Gasteiger partial charge in [-0.05, 0) is 72.9 Å². The Labute approximate surface area is 242 Å². The van der Waals surface area contributed by atoms with Crippen LogP contribution in [0.25, 0.3) is 5.65 Å². The molecule has 1 aromatic carbocycles. The minimum Gasteiger partial charge on any atom is -0.379 e. The Hall–Kier alpha value is -4.44. The van der Waals surface area contributed by atoms with Crippen molar-refractivity contribution in [3.8, 4) is 0 Å². The van der Waals surface area contributed by atoms with Crippen LogP contribution in [0.4, 0.5) is 22.0 Å². The zero-order chi connectivity index (χ0) is 28.5. The number of anilines is 3. The van der Waals surface area contributed by atoms with Crippen LogP contribution in [0, 0.1) is 0 Å². The molecule has 2 N–H and O–H groups in total. The number of amides is 4. The van der Waals surface area contributed by atoms with Crippen LogP contribution in [0.15, 0.2) is 61.1 Å². The second-order valence-electron chi connectivity index (χ2n) is 10.6. The second kappa shape index (κ2) is 11.2. The molecular weight excluding hydrogens is 542 g/mol. The number of carbonyl (C=O) groups excluding carboxylic acids is 3. The van der Waals surface area contributed by atoms with E-state index in [4.69, 9.17) is 16.6 Å². The summed E-state index contributed by atoms with van der Waals surface area (Å²) in [5.74, 6) is 1.52. The van der Waals surface area contributed by atoms with E-state index in [1.807, 2.05) is 28.8 Å². The topological polar surface area (TPSA) is 112 Å². The number of nitrogens with zero attached hydrogens (tertiary/aromatic N) is 5. The molecule has 2 saturated carbocycles. The monoisotopic (exact) mass is 571 g/mol. The number of carbonyl (C=O) groups is 3. The number of urea groups is 1. The quantitative estimate of drug-likeness (QED) is 0.216. The molecule has 4 heterocycles. The van der Waals surface area contributed by atoms with E-state index in [0.29, 0.717) is 36.0 Å². The minimum atomic E-state index is -0.338. The lowest BCUT2D eigenvalue weighted by Crippen LogP contribution is -2.30. The first-order valence-corrected chi connectivity index (χ1v) is 14.0. The Kier molecular flexibility index (Phi) is 7.32. The normalized spacial score (nSPS) is 16.5. The van der Waals surface area contributed by atoms with Crippen LogP contribution >= 0.6 is 11.6 Å². The number of pyridine rings is 2. The van der Waals surface area contributed by atoms with Crippen LogP contribution in [0.5, 0.6) is 0 Å². The highest BCUT2D eigenvalue weighted by Crippen LogP contribution is 2.42. The van der Waals surface area contributed by atoms with Gasteiger partial charge >= 0.3 is 6.03 Å². The molecule has 0 unspecified atom stereocenters. The standard InChI is InChI=1S/C21H21N7O3.C9H9Cl/c1-26-19(30)11-28(21(26)31)17-6-14(13-2-3-13)9-27-10-16(25-20(17)27)8-23-15-4-5-22-18(7-15)24-12-29;10-9-3-1-2-8(6-9)7-4-5-7/h4-7,9-10,12-13H,2-3,8,11H2,1H3,(H2,22,23,24,29);1-3,6-7H,4-5H2. The number of fused-ring (bicyclic) bond motifs is 1. The molecule has 4 aromatic rings. The minimum absolute atomic E-state index is 0.0169. The van der Waals surface area contributed by atoms with Gasteiger partial charge in [0.1, 0.15) is 12.4 Å². The fourth-order valence-corrected chi connectivity index (χ4v) is 5.11. The zero-order valence-corrected chi connectivity index (χ0v) is 23.3. The Balaban J connectivity index is 0.000000253. The van der Waals surface area contributed by atoms with Crippen molar-refractivity contribution in [2.24, 2.45) is 0 Å². The van der Waals surface area contributed by atoms with Crippen LogP contribution in [-0.4, -0.2) is 51.2 Å². The van der Waals surface area contributed by atoms with E-state index in [0.717, 1.165) is 45.6 Å². The molecule has 1 aliphatic heterocycles. The van der Waals surface area contributed by atoms with Gasteiger partial charge in [0, 0.05) is 42.4 Å². The highest BCUT2D eigenvalue weighted by molar-refractivity contribution is 6.30. The van der Waals surface area contributed by atoms with Gasteiger partial charge in [0.05, 0.1) is 17.9 Å². The van der Waals surface area contributed by atoms with E-state index in [-0.39, 0.29) is 18.5 Å². The van der Waals surface area contributed by atoms with Crippen molar-refractivity contribution in [1.29, 1.82) is 0 Å². The van der Waals surface area contributed by atoms with E-state index >= 15 is 0 Å². The summed E-state index contributed by atoms with van der Waals surface area (Å²) in [5.41, 5.74) is 5.41. The highest BCUT2D eigenvalue weighted by Gasteiger charge is 2.36. The van der Waals surface area contributed by atoms with Gasteiger partial charge in [-0.3, -0.25) is 19.4 Å². The molecule has 10 nitrogen and oxygen atoms in total. The number of halogens is 1. The second-order valence-corrected chi connectivity index (χ2v) is 11.0. The first-order valence-electron chi connectivity index (χ1n) is 13.6. The number of imide groups is 1. The molecule has 0 radical (unpaired) electrons. The van der Waals surface area contributed by atoms with E-state index < -0.39 is 0 Å². The van der Waals surface area contributed by atoms with Gasteiger partial charge in [0.15, 0.2) is 5.65 Å². The van der Waals surface area contributed by atoms with Crippen molar-refractivity contribution >= 4 is 52.8 Å². The summed E-state index contributed by atoms with van der Waals surface area (Å²) < 4.78 is 1.93. The number of imidazole rings is 1. The van der Waals surface area contributed by atoms with Crippen molar-refractivity contribution < 1.29 is 14.4 Å². The zero-order valence-electron chi connectivity index (χ0n) is 22.6. The fraction of sp³-hybridized carbons (Fsp3) is 0.300. The summed E-state index contributed by atoms with van der Waals surface area (Å²) in [4.78, 5) is 46.7. The third-order valence-electron chi connectivity index (χ3n) is 7.47. The molecule has 3 aliphatic rings. The molecule has 3 aromatic heterocycles. The first kappa shape index (κ1) is 26.8. The fourth-order valence-electron chi connectivity index (χ4n) is 4.91. The molecule has 4 amide bonds. The predicted octanol–water partition coefficient (Wildman–Crippen LogP) is 5.40. The molecule has 0 spiro atoms. The van der Waals surface area contributed by atoms with Gasteiger partial charge < -0.3 is 15.0 Å². The van der Waals surface area contributed by atoms with Crippen molar-refractivity contribution in [2.45, 2.75) is 44.1 Å². The van der Waals surface area contributed by atoms with E-state index in [1.54, 1.807) is 18.3 Å². The van der Waals surface area contributed by atoms with Crippen LogP contribution < -0.4 is 15.5 Å². The van der Waals surface area contributed by atoms with Crippen LogP contribution in [0.2, 0.25) is 5.02 Å². The average Bonchev–Trinajstić information content (AvgIpc) is 3.90. The molecule has 0 atom stereocenters. The summed E-state index contributed by atoms with van der Waals surface area (Å²) in [7, 11) is 1.50. The summed E-state index contributed by atoms with van der Waals surface area (Å²) in [5, 5.41) is 6.65. The number of nitrogens with one attached hydrogen (secondary N) is 2. The number of hydrogen-bond donors (Lipinski definition) is 2. The van der Waals surface area contributed by atoms with Gasteiger partial charge in [-0.15, -0.1) is 0 Å². The molecule has 7 rings (SSSR count). The molecule has 2 aliphatic carbocycles. The maximum atomic E-state index is 12.6. The molecule has 41 heavy (non-hydrogen) atoms. The van der Waals surface area contributed by atoms with Crippen LogP contribution in [0.3, 0.4) is 0 Å². The van der Waals surface area contributed by atoms with E-state index in [1.165, 1.54) is 30.4 Å². The Morgan fingerprint density at radius 3 is 2.49 bits per heavy atom. The van der Waals surface area contributed by atoms with Crippen molar-refractivity contribution in [1.82, 2.24) is 19.3 Å². The van der Waals surface area contributed by atoms with Crippen molar-refractivity contribution in [2.75, 3.05) is 29.1 Å². The molecule has 210 valence electrons. The van der Waals surface area contributed by atoms with E-state index in [2.05, 4.69) is 33.9 Å². The number of rotatable bonds is 8. The lowest BCUT2D eigenvalue weighted by atomic mass is 10.1. The Morgan fingerprint density at radius 1 is 1.02 bits per heavy atom. The Morgan fingerprint density at radius 2 is 1.80 bits per heavy atom. The lowest BCUT2D eigenvalue weighted by Gasteiger charge is -2.17. The molecule has 0 bridgehead atoms. The summed E-state index contributed by atoms with van der Waals surface area (Å²) in [6.45, 7) is 0.459. The predicted molar refractivity (Wildman–Crippen MR) is 157 cm³/mol. The molecular formula is C30H30ClN7O3. The maximum absolute atomic E-state index is 12.6. The van der Waals surface area contributed by atoms with Crippen molar-refractivity contribution in [3.05, 3.63) is 82.9 Å². The summed E-state index contributed by atoms with van der Waals surface area (Å²) in [6.07, 6.45) is 11.1. The number of hydrogen-bond acceptors (Lipinski definition) is 6. The summed E-state index contributed by atoms with van der Waals surface area (Å²) >= 11 is 5.82. The third kappa shape index (κ3) is 6.02. The first-order chi connectivity index (χ1) is 19.9. The SMILES string of the molecule is CN1C(=O)CN(c2cc(C3CC3)cn3cc(CNc4ccnc(NC=O)c4)nc23)C1=O.Clc1cccc(C2CC2)c1. The number of aromatic nitrogens is 3. The lowest BCUT2D eigenvalue weighted by molar-refractivity contribution is -0.123.